The van der Waals surface area contributed by atoms with E-state index in [2.05, 4.69) is 27.3 Å². The Bertz CT molecular complexity index is 290. The third kappa shape index (κ3) is 1.38. The minimum absolute atomic E-state index is 0.0132. The zero-order valence-corrected chi connectivity index (χ0v) is 8.08. The molecule has 4 heteroatoms. The van der Waals surface area contributed by atoms with Gasteiger partial charge in [-0.25, -0.2) is 0 Å². The summed E-state index contributed by atoms with van der Waals surface area (Å²) in [6.07, 6.45) is 0. The number of nitrogens with one attached hydrogen (secondary N) is 1. The highest BCUT2D eigenvalue weighted by atomic mass is 79.9. The second-order valence-electron chi connectivity index (χ2n) is 2.32. The molecular weight excluding hydrogens is 224 g/mol. The summed E-state index contributed by atoms with van der Waals surface area (Å²) in [5, 5.41) is 3.14. The fraction of sp³-hybridized carbons (Fsp3) is 0.143. The van der Waals surface area contributed by atoms with Crippen LogP contribution in [0.15, 0.2) is 27.6 Å². The van der Waals surface area contributed by atoms with E-state index in [1.54, 1.807) is 11.8 Å². The molecule has 1 aliphatic heterocycles. The van der Waals surface area contributed by atoms with Gasteiger partial charge in [0.2, 0.25) is 0 Å². The van der Waals surface area contributed by atoms with Crippen molar-refractivity contribution in [2.45, 2.75) is 10.4 Å². The van der Waals surface area contributed by atoms with Crippen LogP contribution in [0.25, 0.3) is 0 Å². The molecule has 0 aromatic heterocycles. The Kier molecular flexibility index (Phi) is 1.83. The fourth-order valence-corrected chi connectivity index (χ4v) is 2.45. The molecule has 1 aliphatic rings. The van der Waals surface area contributed by atoms with E-state index in [4.69, 9.17) is 5.73 Å². The van der Waals surface area contributed by atoms with E-state index in [0.717, 1.165) is 10.2 Å². The van der Waals surface area contributed by atoms with Crippen LogP contribution in [0.5, 0.6) is 0 Å². The highest BCUT2D eigenvalue weighted by Crippen LogP contribution is 2.37. The van der Waals surface area contributed by atoms with Crippen molar-refractivity contribution in [2.75, 3.05) is 5.32 Å². The number of nitrogens with two attached hydrogens (primary N) is 1. The van der Waals surface area contributed by atoms with E-state index >= 15 is 0 Å². The van der Waals surface area contributed by atoms with Crippen molar-refractivity contribution in [3.63, 3.8) is 0 Å². The lowest BCUT2D eigenvalue weighted by atomic mass is 10.3. The lowest BCUT2D eigenvalue weighted by molar-refractivity contribution is 1.08. The summed E-state index contributed by atoms with van der Waals surface area (Å²) in [6, 6.07) is 6.10. The van der Waals surface area contributed by atoms with Crippen LogP contribution in [0, 0.1) is 0 Å². The van der Waals surface area contributed by atoms with Crippen molar-refractivity contribution >= 4 is 33.4 Å². The Labute approximate surface area is 77.7 Å². The Balaban J connectivity index is 2.43. The van der Waals surface area contributed by atoms with Gasteiger partial charge in [-0.2, -0.15) is 0 Å². The summed E-state index contributed by atoms with van der Waals surface area (Å²) in [5.74, 6) is 0. The van der Waals surface area contributed by atoms with E-state index < -0.39 is 0 Å². The second-order valence-corrected chi connectivity index (χ2v) is 4.42. The average Bonchev–Trinajstić information content (AvgIpc) is 2.27. The molecule has 11 heavy (non-hydrogen) atoms. The minimum atomic E-state index is 0.0132. The second kappa shape index (κ2) is 2.69. The molecular formula is C7H7BrN2S. The number of hydrogen-bond acceptors (Lipinski definition) is 3. The monoisotopic (exact) mass is 230 g/mol. The lowest BCUT2D eigenvalue weighted by Gasteiger charge is -1.99. The van der Waals surface area contributed by atoms with E-state index in [-0.39, 0.29) is 5.50 Å². The first-order valence-electron chi connectivity index (χ1n) is 3.24. The maximum Gasteiger partial charge on any atom is 0.127 e. The summed E-state index contributed by atoms with van der Waals surface area (Å²) >= 11 is 5.04. The van der Waals surface area contributed by atoms with Gasteiger partial charge in [0.15, 0.2) is 0 Å². The highest BCUT2D eigenvalue weighted by molar-refractivity contribution is 9.10. The zero-order chi connectivity index (χ0) is 7.84. The standard InChI is InChI=1S/C7H7BrN2S/c8-4-1-2-5-6(3-4)11-7(9)10-5/h1-3,7,10H,9H2/t7-/m1/s1. The lowest BCUT2D eigenvalue weighted by Crippen LogP contribution is -2.20. The van der Waals surface area contributed by atoms with Gasteiger partial charge in [0.1, 0.15) is 5.50 Å². The van der Waals surface area contributed by atoms with Gasteiger partial charge in [-0.1, -0.05) is 27.7 Å². The molecule has 0 amide bonds. The number of benzene rings is 1. The SMILES string of the molecule is N[C@@H]1Nc2ccc(Br)cc2S1. The average molecular weight is 231 g/mol. The van der Waals surface area contributed by atoms with Crippen molar-refractivity contribution < 1.29 is 0 Å². The molecule has 2 rings (SSSR count). The number of fused-ring (bicyclic) bond motifs is 1. The van der Waals surface area contributed by atoms with Crippen molar-refractivity contribution in [1.82, 2.24) is 0 Å². The smallest absolute Gasteiger partial charge is 0.127 e. The van der Waals surface area contributed by atoms with Gasteiger partial charge in [-0.05, 0) is 18.2 Å². The molecule has 0 saturated heterocycles. The summed E-state index contributed by atoms with van der Waals surface area (Å²) < 4.78 is 1.10. The molecule has 2 nitrogen and oxygen atoms in total. The maximum absolute atomic E-state index is 5.67. The molecule has 1 atom stereocenters. The van der Waals surface area contributed by atoms with Crippen molar-refractivity contribution in [1.29, 1.82) is 0 Å². The molecule has 0 bridgehead atoms. The van der Waals surface area contributed by atoms with Gasteiger partial charge in [-0.3, -0.25) is 0 Å². The largest absolute Gasteiger partial charge is 0.360 e. The predicted molar refractivity (Wildman–Crippen MR) is 51.6 cm³/mol. The number of hydrogen-bond donors (Lipinski definition) is 2. The first-order chi connectivity index (χ1) is 5.25. The normalized spacial score (nSPS) is 21.1. The first-order valence-corrected chi connectivity index (χ1v) is 4.91. The molecule has 0 fully saturated rings. The molecule has 3 N–H and O–H groups in total. The summed E-state index contributed by atoms with van der Waals surface area (Å²) in [6.45, 7) is 0. The molecule has 1 aromatic rings. The molecule has 1 heterocycles. The van der Waals surface area contributed by atoms with E-state index in [9.17, 15) is 0 Å². The zero-order valence-electron chi connectivity index (χ0n) is 5.67. The topological polar surface area (TPSA) is 38.0 Å². The third-order valence-corrected chi connectivity index (χ3v) is 2.95. The predicted octanol–water partition coefficient (Wildman–Crippen LogP) is 2.21. The maximum atomic E-state index is 5.67. The summed E-state index contributed by atoms with van der Waals surface area (Å²) in [7, 11) is 0. The van der Waals surface area contributed by atoms with E-state index in [1.807, 2.05) is 12.1 Å². The Morgan fingerprint density at radius 1 is 1.55 bits per heavy atom. The molecule has 0 aliphatic carbocycles. The molecule has 58 valence electrons. The highest BCUT2D eigenvalue weighted by Gasteiger charge is 2.16. The Hall–Kier alpha value is -0.190. The van der Waals surface area contributed by atoms with Gasteiger partial charge >= 0.3 is 0 Å². The van der Waals surface area contributed by atoms with Crippen LogP contribution < -0.4 is 11.1 Å². The van der Waals surface area contributed by atoms with Gasteiger partial charge < -0.3 is 11.1 Å². The summed E-state index contributed by atoms with van der Waals surface area (Å²) in [4.78, 5) is 1.21. The minimum Gasteiger partial charge on any atom is -0.360 e. The summed E-state index contributed by atoms with van der Waals surface area (Å²) in [5.41, 5.74) is 6.82. The van der Waals surface area contributed by atoms with Gasteiger partial charge in [0.05, 0.1) is 0 Å². The molecule has 0 spiro atoms. The quantitative estimate of drug-likeness (QED) is 0.718. The van der Waals surface area contributed by atoms with Crippen molar-refractivity contribution in [3.05, 3.63) is 22.7 Å². The van der Waals surface area contributed by atoms with E-state index in [0.29, 0.717) is 0 Å². The molecule has 1 aromatic carbocycles. The number of rotatable bonds is 0. The van der Waals surface area contributed by atoms with Crippen LogP contribution in [0.4, 0.5) is 5.69 Å². The molecule has 0 radical (unpaired) electrons. The first kappa shape index (κ1) is 7.46. The van der Waals surface area contributed by atoms with Crippen LogP contribution >= 0.6 is 27.7 Å². The van der Waals surface area contributed by atoms with Crippen LogP contribution in [0.3, 0.4) is 0 Å². The van der Waals surface area contributed by atoms with Crippen LogP contribution in [0.1, 0.15) is 0 Å². The van der Waals surface area contributed by atoms with Gasteiger partial charge in [0, 0.05) is 15.1 Å². The Morgan fingerprint density at radius 3 is 3.18 bits per heavy atom. The van der Waals surface area contributed by atoms with Crippen molar-refractivity contribution in [3.8, 4) is 0 Å². The third-order valence-electron chi connectivity index (χ3n) is 1.50. The van der Waals surface area contributed by atoms with Crippen molar-refractivity contribution in [2.24, 2.45) is 5.73 Å². The van der Waals surface area contributed by atoms with Crippen LogP contribution in [-0.4, -0.2) is 5.50 Å². The number of anilines is 1. The van der Waals surface area contributed by atoms with Crippen LogP contribution in [0.2, 0.25) is 0 Å². The number of halogens is 1. The Morgan fingerprint density at radius 2 is 2.36 bits per heavy atom. The fourth-order valence-electron chi connectivity index (χ4n) is 1.03. The molecule has 0 saturated carbocycles. The van der Waals surface area contributed by atoms with E-state index in [1.165, 1.54) is 4.90 Å². The number of thioether (sulfide) groups is 1. The molecule has 0 unspecified atom stereocenters. The van der Waals surface area contributed by atoms with Crippen LogP contribution in [-0.2, 0) is 0 Å². The van der Waals surface area contributed by atoms with Gasteiger partial charge in [-0.15, -0.1) is 0 Å². The van der Waals surface area contributed by atoms with Gasteiger partial charge in [0.25, 0.3) is 0 Å².